The molecule has 21 heavy (non-hydrogen) atoms. The summed E-state index contributed by atoms with van der Waals surface area (Å²) in [5.74, 6) is 0.519. The number of aryl methyl sites for hydroxylation is 1. The third-order valence-corrected chi connectivity index (χ3v) is 3.61. The van der Waals surface area contributed by atoms with Crippen LogP contribution in [-0.2, 0) is 6.54 Å². The van der Waals surface area contributed by atoms with Crippen LogP contribution in [-0.4, -0.2) is 21.9 Å². The molecule has 0 amide bonds. The zero-order valence-electron chi connectivity index (χ0n) is 13.9. The van der Waals surface area contributed by atoms with Crippen molar-refractivity contribution < 1.29 is 0 Å². The van der Waals surface area contributed by atoms with Crippen LogP contribution in [0.1, 0.15) is 50.4 Å². The number of aromatic nitrogens is 2. The fourth-order valence-electron chi connectivity index (χ4n) is 2.27. The molecule has 1 aromatic heterocycles. The van der Waals surface area contributed by atoms with E-state index in [9.17, 15) is 0 Å². The van der Waals surface area contributed by atoms with Crippen molar-refractivity contribution in [2.45, 2.75) is 52.6 Å². The standard InChI is InChI=1S/C18H27N3/c1-14(12-19-18(3,4)5)17-8-6-16(7-9-17)13-21-11-10-15(2)20-21/h6-11,14,19H,12-13H2,1-5H3. The molecule has 2 rings (SSSR count). The molecule has 1 unspecified atom stereocenters. The molecule has 0 radical (unpaired) electrons. The summed E-state index contributed by atoms with van der Waals surface area (Å²) in [6, 6.07) is 10.9. The van der Waals surface area contributed by atoms with Crippen molar-refractivity contribution in [2.24, 2.45) is 0 Å². The lowest BCUT2D eigenvalue weighted by Gasteiger charge is -2.23. The van der Waals surface area contributed by atoms with Crippen LogP contribution >= 0.6 is 0 Å². The quantitative estimate of drug-likeness (QED) is 0.907. The summed E-state index contributed by atoms with van der Waals surface area (Å²) in [4.78, 5) is 0. The second kappa shape index (κ2) is 6.44. The second-order valence-corrected chi connectivity index (χ2v) is 6.93. The van der Waals surface area contributed by atoms with Crippen LogP contribution in [0.2, 0.25) is 0 Å². The Bertz CT molecular complexity index is 561. The summed E-state index contributed by atoms with van der Waals surface area (Å²) < 4.78 is 1.98. The molecule has 1 N–H and O–H groups in total. The molecule has 0 bridgehead atoms. The van der Waals surface area contributed by atoms with Crippen LogP contribution in [0, 0.1) is 6.92 Å². The molecule has 0 spiro atoms. The fourth-order valence-corrected chi connectivity index (χ4v) is 2.27. The molecule has 0 saturated carbocycles. The van der Waals surface area contributed by atoms with Crippen molar-refractivity contribution in [3.05, 3.63) is 53.3 Å². The number of nitrogens with zero attached hydrogens (tertiary/aromatic N) is 2. The van der Waals surface area contributed by atoms with Crippen LogP contribution in [0.3, 0.4) is 0 Å². The fraction of sp³-hybridized carbons (Fsp3) is 0.500. The first-order chi connectivity index (χ1) is 9.83. The summed E-state index contributed by atoms with van der Waals surface area (Å²) in [7, 11) is 0. The van der Waals surface area contributed by atoms with Gasteiger partial charge >= 0.3 is 0 Å². The van der Waals surface area contributed by atoms with Gasteiger partial charge in [0, 0.05) is 18.3 Å². The van der Waals surface area contributed by atoms with E-state index in [2.05, 4.69) is 62.4 Å². The Labute approximate surface area is 128 Å². The molecule has 0 fully saturated rings. The second-order valence-electron chi connectivity index (χ2n) is 6.93. The van der Waals surface area contributed by atoms with Gasteiger partial charge in [-0.2, -0.15) is 5.10 Å². The third kappa shape index (κ3) is 5.01. The highest BCUT2D eigenvalue weighted by molar-refractivity contribution is 5.25. The number of rotatable bonds is 5. The van der Waals surface area contributed by atoms with E-state index < -0.39 is 0 Å². The Morgan fingerprint density at radius 2 is 1.81 bits per heavy atom. The largest absolute Gasteiger partial charge is 0.311 e. The van der Waals surface area contributed by atoms with Crippen LogP contribution in [0.25, 0.3) is 0 Å². The molecule has 0 saturated heterocycles. The summed E-state index contributed by atoms with van der Waals surface area (Å²) in [6.07, 6.45) is 2.03. The Balaban J connectivity index is 1.95. The van der Waals surface area contributed by atoms with E-state index in [1.807, 2.05) is 23.9 Å². The van der Waals surface area contributed by atoms with Gasteiger partial charge in [0.1, 0.15) is 0 Å². The Morgan fingerprint density at radius 1 is 1.14 bits per heavy atom. The lowest BCUT2D eigenvalue weighted by molar-refractivity contribution is 0.412. The van der Waals surface area contributed by atoms with E-state index in [1.54, 1.807) is 0 Å². The van der Waals surface area contributed by atoms with Gasteiger partial charge in [-0.15, -0.1) is 0 Å². The van der Waals surface area contributed by atoms with Gasteiger partial charge < -0.3 is 5.32 Å². The maximum Gasteiger partial charge on any atom is 0.0659 e. The molecule has 1 aromatic carbocycles. The number of nitrogens with one attached hydrogen (secondary N) is 1. The molecular weight excluding hydrogens is 258 g/mol. The highest BCUT2D eigenvalue weighted by Gasteiger charge is 2.12. The summed E-state index contributed by atoms with van der Waals surface area (Å²) >= 11 is 0. The highest BCUT2D eigenvalue weighted by atomic mass is 15.3. The van der Waals surface area contributed by atoms with Crippen molar-refractivity contribution in [3.8, 4) is 0 Å². The highest BCUT2D eigenvalue weighted by Crippen LogP contribution is 2.16. The molecular formula is C18H27N3. The zero-order chi connectivity index (χ0) is 15.5. The first-order valence-corrected chi connectivity index (χ1v) is 7.67. The summed E-state index contributed by atoms with van der Waals surface area (Å²) in [6.45, 7) is 12.7. The molecule has 1 atom stereocenters. The average molecular weight is 285 g/mol. The van der Waals surface area contributed by atoms with Crippen molar-refractivity contribution in [3.63, 3.8) is 0 Å². The van der Waals surface area contributed by atoms with Gasteiger partial charge in [-0.3, -0.25) is 4.68 Å². The molecule has 2 aromatic rings. The summed E-state index contributed by atoms with van der Waals surface area (Å²) in [5.41, 5.74) is 3.91. The monoisotopic (exact) mass is 285 g/mol. The van der Waals surface area contributed by atoms with Crippen molar-refractivity contribution in [1.82, 2.24) is 15.1 Å². The van der Waals surface area contributed by atoms with Crippen LogP contribution in [0.15, 0.2) is 36.5 Å². The van der Waals surface area contributed by atoms with Crippen molar-refractivity contribution in [1.29, 1.82) is 0 Å². The lowest BCUT2D eigenvalue weighted by atomic mass is 9.98. The van der Waals surface area contributed by atoms with Crippen LogP contribution in [0.4, 0.5) is 0 Å². The van der Waals surface area contributed by atoms with Gasteiger partial charge in [0.05, 0.1) is 12.2 Å². The Kier molecular flexibility index (Phi) is 4.84. The first-order valence-electron chi connectivity index (χ1n) is 7.67. The molecule has 114 valence electrons. The van der Waals surface area contributed by atoms with Gasteiger partial charge in [-0.1, -0.05) is 31.2 Å². The predicted octanol–water partition coefficient (Wildman–Crippen LogP) is 3.73. The minimum Gasteiger partial charge on any atom is -0.311 e. The third-order valence-electron chi connectivity index (χ3n) is 3.61. The van der Waals surface area contributed by atoms with Gasteiger partial charge in [0.15, 0.2) is 0 Å². The lowest BCUT2D eigenvalue weighted by Crippen LogP contribution is -2.38. The number of hydrogen-bond donors (Lipinski definition) is 1. The molecule has 1 heterocycles. The van der Waals surface area contributed by atoms with E-state index in [0.717, 1.165) is 18.8 Å². The van der Waals surface area contributed by atoms with Crippen molar-refractivity contribution >= 4 is 0 Å². The normalized spacial score (nSPS) is 13.4. The Morgan fingerprint density at radius 3 is 2.33 bits per heavy atom. The predicted molar refractivity (Wildman–Crippen MR) is 88.7 cm³/mol. The first kappa shape index (κ1) is 15.8. The van der Waals surface area contributed by atoms with Gasteiger partial charge in [-0.05, 0) is 50.8 Å². The molecule has 3 nitrogen and oxygen atoms in total. The zero-order valence-corrected chi connectivity index (χ0v) is 13.9. The van der Waals surface area contributed by atoms with Gasteiger partial charge in [0.2, 0.25) is 0 Å². The maximum absolute atomic E-state index is 4.43. The molecule has 0 aliphatic carbocycles. The average Bonchev–Trinajstić information content (AvgIpc) is 2.81. The van der Waals surface area contributed by atoms with E-state index in [1.165, 1.54) is 11.1 Å². The minimum atomic E-state index is 0.173. The minimum absolute atomic E-state index is 0.173. The SMILES string of the molecule is Cc1ccn(Cc2ccc(C(C)CNC(C)(C)C)cc2)n1. The van der Waals surface area contributed by atoms with E-state index in [4.69, 9.17) is 0 Å². The van der Waals surface area contributed by atoms with Crippen molar-refractivity contribution in [2.75, 3.05) is 6.54 Å². The molecule has 0 aliphatic rings. The number of benzene rings is 1. The smallest absolute Gasteiger partial charge is 0.0659 e. The van der Waals surface area contributed by atoms with Gasteiger partial charge in [0.25, 0.3) is 0 Å². The van der Waals surface area contributed by atoms with E-state index >= 15 is 0 Å². The molecule has 3 heteroatoms. The maximum atomic E-state index is 4.43. The number of hydrogen-bond acceptors (Lipinski definition) is 2. The van der Waals surface area contributed by atoms with E-state index in [-0.39, 0.29) is 5.54 Å². The van der Waals surface area contributed by atoms with Crippen LogP contribution in [0.5, 0.6) is 0 Å². The van der Waals surface area contributed by atoms with E-state index in [0.29, 0.717) is 5.92 Å². The van der Waals surface area contributed by atoms with Crippen LogP contribution < -0.4 is 5.32 Å². The topological polar surface area (TPSA) is 29.9 Å². The molecule has 0 aliphatic heterocycles. The Hall–Kier alpha value is -1.61. The summed E-state index contributed by atoms with van der Waals surface area (Å²) in [5, 5.41) is 7.99. The van der Waals surface area contributed by atoms with Gasteiger partial charge in [-0.25, -0.2) is 0 Å².